The molecule has 2 rings (SSSR count). The number of hydrogen-bond donors (Lipinski definition) is 1. The Bertz CT molecular complexity index is 420. The van der Waals surface area contributed by atoms with E-state index in [1.807, 2.05) is 18.2 Å². The summed E-state index contributed by atoms with van der Waals surface area (Å²) in [5, 5.41) is 2.80. The molecule has 0 aliphatic carbocycles. The van der Waals surface area contributed by atoms with Gasteiger partial charge in [-0.15, -0.1) is 0 Å². The molecule has 104 valence electrons. The monoisotopic (exact) mass is 263 g/mol. The fourth-order valence-corrected chi connectivity index (χ4v) is 2.11. The van der Waals surface area contributed by atoms with E-state index in [4.69, 9.17) is 9.47 Å². The maximum absolute atomic E-state index is 11.4. The highest BCUT2D eigenvalue weighted by Crippen LogP contribution is 2.26. The average molecular weight is 263 g/mol. The molecule has 0 spiro atoms. The Morgan fingerprint density at radius 1 is 1.47 bits per heavy atom. The molecule has 4 nitrogen and oxygen atoms in total. The molecule has 0 bridgehead atoms. The first kappa shape index (κ1) is 13.7. The summed E-state index contributed by atoms with van der Waals surface area (Å²) in [6.07, 6.45) is 2.55. The van der Waals surface area contributed by atoms with Gasteiger partial charge in [0.05, 0.1) is 13.2 Å². The van der Waals surface area contributed by atoms with Gasteiger partial charge >= 0.3 is 6.09 Å². The lowest BCUT2D eigenvalue weighted by atomic mass is 9.97. The van der Waals surface area contributed by atoms with Crippen LogP contribution < -0.4 is 10.1 Å². The molecule has 0 aromatic heterocycles. The summed E-state index contributed by atoms with van der Waals surface area (Å²) in [6, 6.07) is 8.04. The SMILES string of the molecule is CCCCOC(=O)NC[C@H]1COc2ccccc2C1. The van der Waals surface area contributed by atoms with Gasteiger partial charge in [-0.2, -0.15) is 0 Å². The van der Waals surface area contributed by atoms with E-state index in [1.165, 1.54) is 5.56 Å². The summed E-state index contributed by atoms with van der Waals surface area (Å²) in [5.41, 5.74) is 1.21. The van der Waals surface area contributed by atoms with Crippen molar-refractivity contribution >= 4 is 6.09 Å². The van der Waals surface area contributed by atoms with Gasteiger partial charge in [0.1, 0.15) is 5.75 Å². The van der Waals surface area contributed by atoms with Crippen LogP contribution in [0, 0.1) is 5.92 Å². The fourth-order valence-electron chi connectivity index (χ4n) is 2.11. The van der Waals surface area contributed by atoms with Crippen molar-refractivity contribution in [2.75, 3.05) is 19.8 Å². The summed E-state index contributed by atoms with van der Waals surface area (Å²) in [5.74, 6) is 1.28. The van der Waals surface area contributed by atoms with Crippen molar-refractivity contribution in [2.24, 2.45) is 5.92 Å². The quantitative estimate of drug-likeness (QED) is 0.831. The van der Waals surface area contributed by atoms with Crippen molar-refractivity contribution in [3.8, 4) is 5.75 Å². The highest BCUT2D eigenvalue weighted by atomic mass is 16.5. The van der Waals surface area contributed by atoms with Gasteiger partial charge in [-0.05, 0) is 24.5 Å². The molecular formula is C15H21NO3. The normalized spacial score (nSPS) is 17.2. The molecule has 19 heavy (non-hydrogen) atoms. The van der Waals surface area contributed by atoms with Gasteiger partial charge in [0.25, 0.3) is 0 Å². The van der Waals surface area contributed by atoms with Crippen LogP contribution in [0.1, 0.15) is 25.3 Å². The zero-order valence-electron chi connectivity index (χ0n) is 11.4. The lowest BCUT2D eigenvalue weighted by molar-refractivity contribution is 0.139. The number of amides is 1. The number of carbonyl (C=O) groups is 1. The highest BCUT2D eigenvalue weighted by molar-refractivity contribution is 5.67. The van der Waals surface area contributed by atoms with E-state index in [0.29, 0.717) is 25.7 Å². The molecule has 0 saturated heterocycles. The molecular weight excluding hydrogens is 242 g/mol. The topological polar surface area (TPSA) is 47.6 Å². The minimum absolute atomic E-state index is 0.314. The van der Waals surface area contributed by atoms with E-state index in [1.54, 1.807) is 0 Å². The maximum atomic E-state index is 11.4. The molecule has 1 heterocycles. The first-order valence-electron chi connectivity index (χ1n) is 6.91. The minimum Gasteiger partial charge on any atom is -0.493 e. The van der Waals surface area contributed by atoms with Gasteiger partial charge in [0.2, 0.25) is 0 Å². The lowest BCUT2D eigenvalue weighted by Gasteiger charge is -2.25. The largest absolute Gasteiger partial charge is 0.493 e. The first-order chi connectivity index (χ1) is 9.29. The van der Waals surface area contributed by atoms with Gasteiger partial charge in [0.15, 0.2) is 0 Å². The van der Waals surface area contributed by atoms with Gasteiger partial charge in [-0.25, -0.2) is 4.79 Å². The fraction of sp³-hybridized carbons (Fsp3) is 0.533. The number of unbranched alkanes of at least 4 members (excludes halogenated alkanes) is 1. The van der Waals surface area contributed by atoms with Gasteiger partial charge in [0, 0.05) is 12.5 Å². The zero-order valence-corrected chi connectivity index (χ0v) is 11.4. The van der Waals surface area contributed by atoms with Crippen LogP contribution in [-0.2, 0) is 11.2 Å². The Labute approximate surface area is 114 Å². The molecule has 1 aromatic carbocycles. The molecule has 0 fully saturated rings. The number of ether oxygens (including phenoxy) is 2. The van der Waals surface area contributed by atoms with Crippen molar-refractivity contribution in [1.29, 1.82) is 0 Å². The average Bonchev–Trinajstić information content (AvgIpc) is 2.45. The van der Waals surface area contributed by atoms with Crippen molar-refractivity contribution in [3.63, 3.8) is 0 Å². The molecule has 1 amide bonds. The third-order valence-corrected chi connectivity index (χ3v) is 3.22. The summed E-state index contributed by atoms with van der Waals surface area (Å²) < 4.78 is 10.7. The van der Waals surface area contributed by atoms with Crippen LogP contribution in [0.15, 0.2) is 24.3 Å². The van der Waals surface area contributed by atoms with E-state index in [-0.39, 0.29) is 6.09 Å². The number of fused-ring (bicyclic) bond motifs is 1. The summed E-state index contributed by atoms with van der Waals surface area (Å²) in [6.45, 7) is 3.80. The molecule has 1 aliphatic heterocycles. The van der Waals surface area contributed by atoms with E-state index in [0.717, 1.165) is 25.0 Å². The minimum atomic E-state index is -0.327. The van der Waals surface area contributed by atoms with Crippen LogP contribution in [0.4, 0.5) is 4.79 Å². The molecule has 1 N–H and O–H groups in total. The molecule has 0 radical (unpaired) electrons. The number of nitrogens with one attached hydrogen (secondary N) is 1. The van der Waals surface area contributed by atoms with Crippen LogP contribution in [0.3, 0.4) is 0 Å². The second-order valence-electron chi connectivity index (χ2n) is 4.86. The summed E-state index contributed by atoms with van der Waals surface area (Å²) >= 11 is 0. The van der Waals surface area contributed by atoms with Crippen molar-refractivity contribution in [1.82, 2.24) is 5.32 Å². The summed E-state index contributed by atoms with van der Waals surface area (Å²) in [4.78, 5) is 11.4. The second kappa shape index (κ2) is 7.02. The van der Waals surface area contributed by atoms with Crippen molar-refractivity contribution in [2.45, 2.75) is 26.2 Å². The van der Waals surface area contributed by atoms with Gasteiger partial charge in [-0.3, -0.25) is 0 Å². The summed E-state index contributed by atoms with van der Waals surface area (Å²) in [7, 11) is 0. The third kappa shape index (κ3) is 4.16. The van der Waals surface area contributed by atoms with Crippen LogP contribution in [0.5, 0.6) is 5.75 Å². The predicted molar refractivity (Wildman–Crippen MR) is 73.4 cm³/mol. The number of hydrogen-bond acceptors (Lipinski definition) is 3. The predicted octanol–water partition coefficient (Wildman–Crippen LogP) is 2.76. The Balaban J connectivity index is 1.72. The molecule has 0 unspecified atom stereocenters. The van der Waals surface area contributed by atoms with Gasteiger partial charge in [-0.1, -0.05) is 31.5 Å². The molecule has 1 aliphatic rings. The van der Waals surface area contributed by atoms with Crippen molar-refractivity contribution in [3.05, 3.63) is 29.8 Å². The Kier molecular flexibility index (Phi) is 5.07. The van der Waals surface area contributed by atoms with Crippen LogP contribution in [-0.4, -0.2) is 25.9 Å². The highest BCUT2D eigenvalue weighted by Gasteiger charge is 2.20. The van der Waals surface area contributed by atoms with Gasteiger partial charge < -0.3 is 14.8 Å². The molecule has 4 heteroatoms. The number of benzene rings is 1. The third-order valence-electron chi connectivity index (χ3n) is 3.22. The van der Waals surface area contributed by atoms with Crippen LogP contribution >= 0.6 is 0 Å². The van der Waals surface area contributed by atoms with E-state index in [2.05, 4.69) is 18.3 Å². The number of para-hydroxylation sites is 1. The Morgan fingerprint density at radius 2 is 2.32 bits per heavy atom. The standard InChI is InChI=1S/C15H21NO3/c1-2-3-8-18-15(17)16-10-12-9-13-6-4-5-7-14(13)19-11-12/h4-7,12H,2-3,8-11H2,1H3,(H,16,17)/t12-/m0/s1. The first-order valence-corrected chi connectivity index (χ1v) is 6.91. The van der Waals surface area contributed by atoms with E-state index >= 15 is 0 Å². The lowest BCUT2D eigenvalue weighted by Crippen LogP contribution is -2.35. The maximum Gasteiger partial charge on any atom is 0.407 e. The molecule has 1 atom stereocenters. The van der Waals surface area contributed by atoms with Crippen LogP contribution in [0.2, 0.25) is 0 Å². The number of rotatable bonds is 5. The second-order valence-corrected chi connectivity index (χ2v) is 4.86. The molecule has 0 saturated carbocycles. The van der Waals surface area contributed by atoms with E-state index in [9.17, 15) is 4.79 Å². The zero-order chi connectivity index (χ0) is 13.5. The smallest absolute Gasteiger partial charge is 0.407 e. The number of carbonyl (C=O) groups excluding carboxylic acids is 1. The van der Waals surface area contributed by atoms with Crippen molar-refractivity contribution < 1.29 is 14.3 Å². The van der Waals surface area contributed by atoms with Crippen LogP contribution in [0.25, 0.3) is 0 Å². The molecule has 1 aromatic rings. The van der Waals surface area contributed by atoms with E-state index < -0.39 is 0 Å². The number of alkyl carbamates (subject to hydrolysis) is 1. The Hall–Kier alpha value is -1.71. The Morgan fingerprint density at radius 3 is 3.16 bits per heavy atom.